The number of ether oxygens (including phenoxy) is 1. The van der Waals surface area contributed by atoms with Crippen molar-refractivity contribution in [3.63, 3.8) is 0 Å². The van der Waals surface area contributed by atoms with Crippen LogP contribution < -0.4 is 4.90 Å². The van der Waals surface area contributed by atoms with E-state index in [1.165, 1.54) is 0 Å². The summed E-state index contributed by atoms with van der Waals surface area (Å²) in [5.41, 5.74) is 9.03. The van der Waals surface area contributed by atoms with E-state index >= 15 is 0 Å². The largest absolute Gasteiger partial charge is 0.444 e. The first-order valence-corrected chi connectivity index (χ1v) is 6.60. The quantitative estimate of drug-likeness (QED) is 0.363. The fourth-order valence-corrected chi connectivity index (χ4v) is 2.13. The molecule has 1 saturated heterocycles. The maximum absolute atomic E-state index is 11.7. The van der Waals surface area contributed by atoms with Crippen LogP contribution in [0.15, 0.2) is 34.3 Å². The maximum Gasteiger partial charge on any atom is 0.414 e. The van der Waals surface area contributed by atoms with Gasteiger partial charge >= 0.3 is 6.09 Å². The summed E-state index contributed by atoms with van der Waals surface area (Å²) in [5, 5.41) is 3.42. The highest BCUT2D eigenvalue weighted by Gasteiger charge is 2.31. The Morgan fingerprint density at radius 2 is 2.28 bits per heavy atom. The lowest BCUT2D eigenvalue weighted by Crippen LogP contribution is -2.24. The maximum atomic E-state index is 11.7. The second-order valence-electron chi connectivity index (χ2n) is 3.73. The fraction of sp³-hybridized carbons (Fsp3) is 0.364. The molecule has 1 fully saturated rings. The normalized spacial score (nSPS) is 18.4. The van der Waals surface area contributed by atoms with Gasteiger partial charge in [0.15, 0.2) is 0 Å². The van der Waals surface area contributed by atoms with Gasteiger partial charge in [0.2, 0.25) is 0 Å². The summed E-state index contributed by atoms with van der Waals surface area (Å²) in [6.07, 6.45) is 1.23. The molecular formula is C11H12N4O2S. The van der Waals surface area contributed by atoms with Gasteiger partial charge < -0.3 is 4.74 Å². The molecule has 1 aliphatic heterocycles. The van der Waals surface area contributed by atoms with Crippen molar-refractivity contribution in [3.05, 3.63) is 34.7 Å². The zero-order valence-electron chi connectivity index (χ0n) is 9.81. The van der Waals surface area contributed by atoms with Crippen molar-refractivity contribution in [2.24, 2.45) is 5.11 Å². The first-order valence-electron chi connectivity index (χ1n) is 5.37. The Kier molecular flexibility index (Phi) is 3.96. The van der Waals surface area contributed by atoms with Crippen molar-refractivity contribution < 1.29 is 9.53 Å². The molecule has 18 heavy (non-hydrogen) atoms. The van der Waals surface area contributed by atoms with Gasteiger partial charge in [0.25, 0.3) is 0 Å². The molecule has 1 atom stereocenters. The summed E-state index contributed by atoms with van der Waals surface area (Å²) in [6.45, 7) is 0.581. The van der Waals surface area contributed by atoms with Crippen LogP contribution in [0.2, 0.25) is 0 Å². The zero-order valence-corrected chi connectivity index (χ0v) is 10.6. The first-order chi connectivity index (χ1) is 8.74. The van der Waals surface area contributed by atoms with Crippen LogP contribution in [0, 0.1) is 0 Å². The van der Waals surface area contributed by atoms with Crippen LogP contribution in [0.25, 0.3) is 10.4 Å². The van der Waals surface area contributed by atoms with Gasteiger partial charge in [-0.15, -0.1) is 11.8 Å². The molecule has 0 N–H and O–H groups in total. The lowest BCUT2D eigenvalue weighted by Gasteiger charge is -2.12. The number of cyclic esters (lactones) is 1. The SMILES string of the molecule is CSc1ccc(N2CC(CN=[N+]=[N-])OC2=O)cc1. The number of carbonyl (C=O) groups excluding carboxylic acids is 1. The molecule has 1 amide bonds. The predicted molar refractivity (Wildman–Crippen MR) is 69.9 cm³/mol. The Balaban J connectivity index is 2.08. The second kappa shape index (κ2) is 5.66. The molecule has 1 unspecified atom stereocenters. The number of thioether (sulfide) groups is 1. The van der Waals surface area contributed by atoms with Crippen LogP contribution in [-0.2, 0) is 4.74 Å². The summed E-state index contributed by atoms with van der Waals surface area (Å²) in [5.74, 6) is 0. The van der Waals surface area contributed by atoms with Crippen molar-refractivity contribution in [1.82, 2.24) is 0 Å². The highest BCUT2D eigenvalue weighted by Crippen LogP contribution is 2.24. The minimum Gasteiger partial charge on any atom is -0.444 e. The molecule has 1 aromatic carbocycles. The van der Waals surface area contributed by atoms with Gasteiger partial charge in [0.1, 0.15) is 6.10 Å². The van der Waals surface area contributed by atoms with E-state index in [4.69, 9.17) is 10.3 Å². The number of benzene rings is 1. The number of carbonyl (C=O) groups is 1. The predicted octanol–water partition coefficient (Wildman–Crippen LogP) is 3.04. The van der Waals surface area contributed by atoms with Gasteiger partial charge in [-0.05, 0) is 36.1 Å². The third kappa shape index (κ3) is 2.69. The molecule has 94 valence electrons. The van der Waals surface area contributed by atoms with E-state index in [0.29, 0.717) is 6.54 Å². The Morgan fingerprint density at radius 1 is 1.56 bits per heavy atom. The molecule has 0 radical (unpaired) electrons. The standard InChI is InChI=1S/C11H12N4O2S/c1-18-10-4-2-8(3-5-10)15-7-9(6-13-14-12)17-11(15)16/h2-5,9H,6-7H2,1H3. The number of azide groups is 1. The van der Waals surface area contributed by atoms with Gasteiger partial charge in [-0.1, -0.05) is 5.11 Å². The molecule has 1 heterocycles. The van der Waals surface area contributed by atoms with Crippen LogP contribution in [0.1, 0.15) is 0 Å². The van der Waals surface area contributed by atoms with Gasteiger partial charge in [-0.3, -0.25) is 4.90 Å². The fourth-order valence-electron chi connectivity index (χ4n) is 1.72. The van der Waals surface area contributed by atoms with Crippen LogP contribution in [0.3, 0.4) is 0 Å². The van der Waals surface area contributed by atoms with Crippen LogP contribution in [0.5, 0.6) is 0 Å². The average molecular weight is 264 g/mol. The molecule has 0 bridgehead atoms. The van der Waals surface area contributed by atoms with E-state index in [1.807, 2.05) is 30.5 Å². The Labute approximate surface area is 109 Å². The van der Waals surface area contributed by atoms with E-state index in [9.17, 15) is 4.79 Å². The lowest BCUT2D eigenvalue weighted by atomic mass is 10.3. The van der Waals surface area contributed by atoms with Crippen LogP contribution in [0.4, 0.5) is 10.5 Å². The third-order valence-corrected chi connectivity index (χ3v) is 3.35. The number of hydrogen-bond donors (Lipinski definition) is 0. The van der Waals surface area contributed by atoms with Crippen molar-refractivity contribution in [2.75, 3.05) is 24.2 Å². The van der Waals surface area contributed by atoms with Gasteiger partial charge in [-0.25, -0.2) is 4.79 Å². The summed E-state index contributed by atoms with van der Waals surface area (Å²) >= 11 is 1.64. The van der Waals surface area contributed by atoms with Crippen LogP contribution >= 0.6 is 11.8 Å². The highest BCUT2D eigenvalue weighted by molar-refractivity contribution is 7.98. The molecule has 0 spiro atoms. The monoisotopic (exact) mass is 264 g/mol. The molecule has 0 aliphatic carbocycles. The first kappa shape index (κ1) is 12.6. The Hall–Kier alpha value is -1.85. The average Bonchev–Trinajstić information content (AvgIpc) is 2.78. The van der Waals surface area contributed by atoms with E-state index < -0.39 is 6.09 Å². The number of nitrogens with zero attached hydrogens (tertiary/aromatic N) is 4. The molecule has 2 rings (SSSR count). The second-order valence-corrected chi connectivity index (χ2v) is 4.61. The molecule has 1 aromatic rings. The number of rotatable bonds is 4. The highest BCUT2D eigenvalue weighted by atomic mass is 32.2. The number of amides is 1. The van der Waals surface area contributed by atoms with Crippen molar-refractivity contribution >= 4 is 23.5 Å². The van der Waals surface area contributed by atoms with Gasteiger partial charge in [0, 0.05) is 15.5 Å². The number of hydrogen-bond acceptors (Lipinski definition) is 4. The van der Waals surface area contributed by atoms with E-state index in [2.05, 4.69) is 10.0 Å². The van der Waals surface area contributed by atoms with Crippen molar-refractivity contribution in [3.8, 4) is 0 Å². The summed E-state index contributed by atoms with van der Waals surface area (Å²) in [7, 11) is 0. The van der Waals surface area contributed by atoms with Gasteiger partial charge in [-0.2, -0.15) is 0 Å². The zero-order chi connectivity index (χ0) is 13.0. The molecule has 6 nitrogen and oxygen atoms in total. The van der Waals surface area contributed by atoms with E-state index in [-0.39, 0.29) is 12.6 Å². The Morgan fingerprint density at radius 3 is 2.89 bits per heavy atom. The van der Waals surface area contributed by atoms with E-state index in [1.54, 1.807) is 16.7 Å². The summed E-state index contributed by atoms with van der Waals surface area (Å²) in [4.78, 5) is 17.0. The number of anilines is 1. The molecule has 1 aliphatic rings. The minimum atomic E-state index is -0.398. The van der Waals surface area contributed by atoms with Crippen LogP contribution in [-0.4, -0.2) is 31.5 Å². The third-order valence-electron chi connectivity index (χ3n) is 2.61. The molecule has 7 heteroatoms. The topological polar surface area (TPSA) is 78.3 Å². The van der Waals surface area contributed by atoms with Crippen molar-refractivity contribution in [1.29, 1.82) is 0 Å². The van der Waals surface area contributed by atoms with Crippen molar-refractivity contribution in [2.45, 2.75) is 11.0 Å². The molecule has 0 aromatic heterocycles. The summed E-state index contributed by atoms with van der Waals surface area (Å²) in [6, 6.07) is 7.66. The molecular weight excluding hydrogens is 252 g/mol. The Bertz CT molecular complexity index is 484. The lowest BCUT2D eigenvalue weighted by molar-refractivity contribution is 0.145. The smallest absolute Gasteiger partial charge is 0.414 e. The summed E-state index contributed by atoms with van der Waals surface area (Å²) < 4.78 is 5.10. The molecule has 0 saturated carbocycles. The minimum absolute atomic E-state index is 0.168. The van der Waals surface area contributed by atoms with E-state index in [0.717, 1.165) is 10.6 Å². The van der Waals surface area contributed by atoms with Gasteiger partial charge in [0.05, 0.1) is 13.1 Å².